The molecule has 1 saturated carbocycles. The van der Waals surface area contributed by atoms with Crippen LogP contribution in [0.2, 0.25) is 0 Å². The number of carbonyl (C=O) groups is 3. The molecule has 10 heteroatoms. The Morgan fingerprint density at radius 3 is 2.73 bits per heavy atom. The van der Waals surface area contributed by atoms with Crippen LogP contribution in [0.15, 0.2) is 59.8 Å². The van der Waals surface area contributed by atoms with Gasteiger partial charge in [0.05, 0.1) is 11.6 Å². The summed E-state index contributed by atoms with van der Waals surface area (Å²) < 4.78 is 14.8. The number of hydrogen-bond acceptors (Lipinski definition) is 5. The number of amides is 4. The zero-order valence-corrected chi connectivity index (χ0v) is 22.7. The van der Waals surface area contributed by atoms with E-state index >= 15 is 0 Å². The van der Waals surface area contributed by atoms with Gasteiger partial charge in [0.2, 0.25) is 5.91 Å². The molecule has 2 aromatic carbocycles. The summed E-state index contributed by atoms with van der Waals surface area (Å²) in [5.74, 6) is -0.372. The van der Waals surface area contributed by atoms with Gasteiger partial charge in [-0.3, -0.25) is 20.4 Å². The Labute approximate surface area is 233 Å². The summed E-state index contributed by atoms with van der Waals surface area (Å²) in [7, 11) is 0. The van der Waals surface area contributed by atoms with Crippen LogP contribution in [-0.2, 0) is 22.4 Å². The van der Waals surface area contributed by atoms with E-state index in [9.17, 15) is 18.8 Å². The predicted molar refractivity (Wildman–Crippen MR) is 149 cm³/mol. The molecule has 0 spiro atoms. The largest absolute Gasteiger partial charge is 0.356 e. The summed E-state index contributed by atoms with van der Waals surface area (Å²) in [6.45, 7) is 3.08. The van der Waals surface area contributed by atoms with Crippen molar-refractivity contribution in [2.45, 2.75) is 63.6 Å². The first-order valence-electron chi connectivity index (χ1n) is 14.0. The van der Waals surface area contributed by atoms with E-state index in [-0.39, 0.29) is 30.7 Å². The second kappa shape index (κ2) is 12.6. The van der Waals surface area contributed by atoms with Crippen molar-refractivity contribution in [2.24, 2.45) is 5.92 Å². The molecule has 4 amide bonds. The van der Waals surface area contributed by atoms with Crippen LogP contribution < -0.4 is 32.1 Å². The third kappa shape index (κ3) is 6.68. The molecule has 40 heavy (non-hydrogen) atoms. The zero-order valence-electron chi connectivity index (χ0n) is 22.7. The number of hydrazine groups is 1. The number of fused-ring (bicyclic) bond motifs is 1. The van der Waals surface area contributed by atoms with Crippen molar-refractivity contribution in [2.75, 3.05) is 13.1 Å². The number of allylic oxidation sites excluding steroid dienone is 1. The molecule has 3 aliphatic rings. The van der Waals surface area contributed by atoms with Crippen LogP contribution in [0.4, 0.5) is 9.18 Å². The Bertz CT molecular complexity index is 1280. The van der Waals surface area contributed by atoms with Crippen LogP contribution >= 0.6 is 0 Å². The van der Waals surface area contributed by atoms with Gasteiger partial charge in [0, 0.05) is 37.3 Å². The molecule has 5 rings (SSSR count). The van der Waals surface area contributed by atoms with Crippen LogP contribution in [0.5, 0.6) is 0 Å². The number of aryl methyl sites for hydroxylation is 1. The first-order chi connectivity index (χ1) is 19.4. The highest BCUT2D eigenvalue weighted by Crippen LogP contribution is 2.31. The first-order valence-corrected chi connectivity index (χ1v) is 14.0. The fourth-order valence-corrected chi connectivity index (χ4v) is 5.93. The summed E-state index contributed by atoms with van der Waals surface area (Å²) >= 11 is 0. The van der Waals surface area contributed by atoms with Gasteiger partial charge in [-0.05, 0) is 67.7 Å². The number of halogens is 1. The smallest absolute Gasteiger partial charge is 0.319 e. The van der Waals surface area contributed by atoms with E-state index in [0.717, 1.165) is 37.8 Å². The molecule has 4 atom stereocenters. The third-order valence-electron chi connectivity index (χ3n) is 8.09. The fourth-order valence-electron chi connectivity index (χ4n) is 5.93. The lowest BCUT2D eigenvalue weighted by Gasteiger charge is -2.33. The summed E-state index contributed by atoms with van der Waals surface area (Å²) in [6, 6.07) is 13.7. The maximum atomic E-state index is 14.8. The molecular formula is C30H37FN6O3. The van der Waals surface area contributed by atoms with Crippen LogP contribution in [0.1, 0.15) is 55.3 Å². The van der Waals surface area contributed by atoms with Gasteiger partial charge in [-0.15, -0.1) is 0 Å². The summed E-state index contributed by atoms with van der Waals surface area (Å²) in [5, 5.41) is 11.6. The van der Waals surface area contributed by atoms with Crippen LogP contribution in [0.25, 0.3) is 0 Å². The van der Waals surface area contributed by atoms with E-state index in [1.807, 2.05) is 30.3 Å². The Hall–Kier alpha value is -3.76. The van der Waals surface area contributed by atoms with Crippen molar-refractivity contribution in [3.05, 3.63) is 82.3 Å². The lowest BCUT2D eigenvalue weighted by Crippen LogP contribution is -2.49. The van der Waals surface area contributed by atoms with Gasteiger partial charge < -0.3 is 21.3 Å². The monoisotopic (exact) mass is 548 g/mol. The number of carbonyl (C=O) groups excluding carboxylic acids is 3. The predicted octanol–water partition coefficient (Wildman–Crippen LogP) is 2.51. The number of urea groups is 1. The highest BCUT2D eigenvalue weighted by Gasteiger charge is 2.37. The van der Waals surface area contributed by atoms with Crippen molar-refractivity contribution in [1.82, 2.24) is 32.1 Å². The molecule has 0 radical (unpaired) electrons. The van der Waals surface area contributed by atoms with Crippen molar-refractivity contribution in [3.8, 4) is 0 Å². The van der Waals surface area contributed by atoms with E-state index in [1.165, 1.54) is 6.07 Å². The zero-order chi connectivity index (χ0) is 28.1. The van der Waals surface area contributed by atoms with E-state index in [2.05, 4.69) is 32.1 Å². The maximum Gasteiger partial charge on any atom is 0.319 e. The summed E-state index contributed by atoms with van der Waals surface area (Å²) in [6.07, 6.45) is 3.77. The second-order valence-corrected chi connectivity index (χ2v) is 10.9. The van der Waals surface area contributed by atoms with Crippen molar-refractivity contribution < 1.29 is 18.8 Å². The minimum absolute atomic E-state index is 0.0400. The average Bonchev–Trinajstić information content (AvgIpc) is 3.41. The van der Waals surface area contributed by atoms with Crippen molar-refractivity contribution in [3.63, 3.8) is 0 Å². The van der Waals surface area contributed by atoms with E-state index in [0.29, 0.717) is 40.9 Å². The van der Waals surface area contributed by atoms with Gasteiger partial charge in [0.25, 0.3) is 5.91 Å². The molecule has 1 saturated heterocycles. The number of rotatable bonds is 9. The molecule has 2 aliphatic heterocycles. The molecule has 0 aromatic heterocycles. The Balaban J connectivity index is 1.23. The Kier molecular flexibility index (Phi) is 8.76. The molecule has 212 valence electrons. The summed E-state index contributed by atoms with van der Waals surface area (Å²) in [5.41, 5.74) is 9.45. The van der Waals surface area contributed by atoms with Gasteiger partial charge in [0.1, 0.15) is 5.82 Å². The van der Waals surface area contributed by atoms with Gasteiger partial charge >= 0.3 is 6.03 Å². The molecule has 4 unspecified atom stereocenters. The Morgan fingerprint density at radius 1 is 1.07 bits per heavy atom. The number of nitrogens with one attached hydrogen (secondary N) is 6. The minimum Gasteiger partial charge on any atom is -0.356 e. The lowest BCUT2D eigenvalue weighted by molar-refractivity contribution is -0.121. The lowest BCUT2D eigenvalue weighted by atomic mass is 9.82. The van der Waals surface area contributed by atoms with Crippen molar-refractivity contribution >= 4 is 17.8 Å². The Morgan fingerprint density at radius 2 is 1.90 bits per heavy atom. The molecule has 0 bridgehead atoms. The van der Waals surface area contributed by atoms with Gasteiger partial charge in [-0.1, -0.05) is 42.5 Å². The van der Waals surface area contributed by atoms with Crippen molar-refractivity contribution in [1.29, 1.82) is 0 Å². The minimum atomic E-state index is -0.737. The standard InChI is InChI=1S/C30H37FN6O3/c1-18-27(29(39)35-23-9-11-25-22(16-23)17-33-37-25)28(36-30(40)34-18)21-7-10-24(31)20(15-21)8-12-26(38)32-14-13-19-5-3-2-4-6-19/h2-7,10,15,22-23,25,28,33,37H,8-9,11-14,16-17H2,1H3,(H,32,38)(H,35,39)(H2,34,36,40). The molecule has 1 aliphatic carbocycles. The van der Waals surface area contributed by atoms with E-state index in [1.54, 1.807) is 19.1 Å². The summed E-state index contributed by atoms with van der Waals surface area (Å²) in [4.78, 5) is 38.3. The normalized spacial score (nSPS) is 24.1. The maximum absolute atomic E-state index is 14.8. The molecule has 9 nitrogen and oxygen atoms in total. The van der Waals surface area contributed by atoms with Gasteiger partial charge in [-0.2, -0.15) is 0 Å². The fraction of sp³-hybridized carbons (Fsp3) is 0.433. The highest BCUT2D eigenvalue weighted by atomic mass is 19.1. The average molecular weight is 549 g/mol. The first kappa shape index (κ1) is 27.8. The quantitative estimate of drug-likeness (QED) is 0.288. The molecular weight excluding hydrogens is 511 g/mol. The highest BCUT2D eigenvalue weighted by molar-refractivity contribution is 5.98. The van der Waals surface area contributed by atoms with Gasteiger partial charge in [0.15, 0.2) is 0 Å². The van der Waals surface area contributed by atoms with Gasteiger partial charge in [-0.25, -0.2) is 9.18 Å². The van der Waals surface area contributed by atoms with Crippen LogP contribution in [0.3, 0.4) is 0 Å². The molecule has 2 heterocycles. The topological polar surface area (TPSA) is 123 Å². The molecule has 2 aromatic rings. The number of benzene rings is 2. The molecule has 6 N–H and O–H groups in total. The van der Waals surface area contributed by atoms with E-state index < -0.39 is 17.9 Å². The van der Waals surface area contributed by atoms with E-state index in [4.69, 9.17) is 0 Å². The molecule has 2 fully saturated rings. The van der Waals surface area contributed by atoms with Crippen LogP contribution in [-0.4, -0.2) is 43.0 Å². The number of hydrogen-bond donors (Lipinski definition) is 6. The third-order valence-corrected chi connectivity index (χ3v) is 8.09. The SMILES string of the molecule is CC1=C(C(=O)NC2CCC3NNCC3C2)C(c2ccc(F)c(CCC(=O)NCCc3ccccc3)c2)NC(=O)N1. The second-order valence-electron chi connectivity index (χ2n) is 10.9. The van der Waals surface area contributed by atoms with Crippen LogP contribution in [0, 0.1) is 11.7 Å².